The second-order valence-electron chi connectivity index (χ2n) is 7.11. The van der Waals surface area contributed by atoms with E-state index in [0.29, 0.717) is 57.3 Å². The van der Waals surface area contributed by atoms with Crippen molar-refractivity contribution in [3.05, 3.63) is 30.6 Å². The second-order valence-corrected chi connectivity index (χ2v) is 7.11. The van der Waals surface area contributed by atoms with Gasteiger partial charge in [-0.1, -0.05) is 12.1 Å². The third kappa shape index (κ3) is 4.04. The van der Waals surface area contributed by atoms with Crippen molar-refractivity contribution in [2.24, 2.45) is 5.73 Å². The molecule has 1 aromatic carbocycles. The number of aromatic nitrogens is 5. The number of morpholine rings is 2. The molecule has 2 saturated heterocycles. The first-order chi connectivity index (χ1) is 14.3. The maximum absolute atomic E-state index is 5.82. The van der Waals surface area contributed by atoms with E-state index in [1.807, 2.05) is 28.8 Å². The summed E-state index contributed by atoms with van der Waals surface area (Å²) in [5, 5.41) is 0. The van der Waals surface area contributed by atoms with Gasteiger partial charge in [-0.2, -0.15) is 15.0 Å². The fourth-order valence-corrected chi connectivity index (χ4v) is 3.66. The van der Waals surface area contributed by atoms with Gasteiger partial charge in [0.1, 0.15) is 6.33 Å². The van der Waals surface area contributed by atoms with Crippen LogP contribution in [-0.2, 0) is 9.47 Å². The first-order valence-corrected chi connectivity index (χ1v) is 9.89. The molecule has 0 bridgehead atoms. The number of fused-ring (bicyclic) bond motifs is 1. The van der Waals surface area contributed by atoms with E-state index in [-0.39, 0.29) is 18.5 Å². The Morgan fingerprint density at radius 2 is 1.63 bits per heavy atom. The summed E-state index contributed by atoms with van der Waals surface area (Å²) in [5.41, 5.74) is 7.68. The molecule has 2 aliphatic heterocycles. The minimum Gasteiger partial charge on any atom is -0.378 e. The second kappa shape index (κ2) is 9.09. The molecule has 3 aromatic rings. The van der Waals surface area contributed by atoms with Gasteiger partial charge in [-0.3, -0.25) is 4.57 Å². The predicted molar refractivity (Wildman–Crippen MR) is 116 cm³/mol. The lowest BCUT2D eigenvalue weighted by Gasteiger charge is -2.33. The molecule has 0 amide bonds. The first-order valence-electron chi connectivity index (χ1n) is 9.89. The fraction of sp³-hybridized carbons (Fsp3) is 0.474. The van der Waals surface area contributed by atoms with Crippen LogP contribution in [0, 0.1) is 0 Å². The Morgan fingerprint density at radius 1 is 0.933 bits per heavy atom. The van der Waals surface area contributed by atoms with E-state index < -0.39 is 0 Å². The maximum Gasteiger partial charge on any atom is 0.242 e. The molecule has 11 heteroatoms. The molecular weight excluding hydrogens is 408 g/mol. The Kier molecular flexibility index (Phi) is 6.28. The number of nitrogens with zero attached hydrogens (tertiary/aromatic N) is 7. The zero-order chi connectivity index (χ0) is 19.6. The number of hydrogen-bond acceptors (Lipinski definition) is 9. The van der Waals surface area contributed by atoms with Crippen molar-refractivity contribution in [2.75, 3.05) is 62.3 Å². The van der Waals surface area contributed by atoms with E-state index in [1.165, 1.54) is 0 Å². The molecule has 30 heavy (non-hydrogen) atoms. The Labute approximate surface area is 180 Å². The van der Waals surface area contributed by atoms with Crippen LogP contribution < -0.4 is 15.5 Å². The molecule has 0 aliphatic carbocycles. The van der Waals surface area contributed by atoms with Gasteiger partial charge < -0.3 is 25.0 Å². The Balaban J connectivity index is 0.00000218. The lowest BCUT2D eigenvalue weighted by atomic mass is 10.3. The molecule has 0 spiro atoms. The summed E-state index contributed by atoms with van der Waals surface area (Å²) < 4.78 is 13.1. The third-order valence-corrected chi connectivity index (χ3v) is 5.25. The first kappa shape index (κ1) is 20.7. The van der Waals surface area contributed by atoms with E-state index in [4.69, 9.17) is 30.2 Å². The lowest BCUT2D eigenvalue weighted by molar-refractivity contribution is 0.0460. The van der Waals surface area contributed by atoms with Gasteiger partial charge >= 0.3 is 0 Å². The Morgan fingerprint density at radius 3 is 2.43 bits per heavy atom. The molecule has 2 N–H and O–H groups in total. The number of nitrogens with two attached hydrogens (primary N) is 1. The highest BCUT2D eigenvalue weighted by Crippen LogP contribution is 2.22. The van der Waals surface area contributed by atoms with Crippen molar-refractivity contribution >= 4 is 35.3 Å². The zero-order valence-corrected chi connectivity index (χ0v) is 17.4. The molecule has 5 rings (SSSR count). The number of benzene rings is 1. The summed E-state index contributed by atoms with van der Waals surface area (Å²) in [6, 6.07) is 7.95. The molecule has 4 heterocycles. The van der Waals surface area contributed by atoms with Gasteiger partial charge in [0.15, 0.2) is 0 Å². The van der Waals surface area contributed by atoms with Gasteiger partial charge in [-0.05, 0) is 12.1 Å². The number of hydrogen-bond donors (Lipinski definition) is 1. The van der Waals surface area contributed by atoms with Crippen LogP contribution >= 0.6 is 12.4 Å². The third-order valence-electron chi connectivity index (χ3n) is 5.25. The van der Waals surface area contributed by atoms with Crippen LogP contribution in [0.5, 0.6) is 0 Å². The van der Waals surface area contributed by atoms with Gasteiger partial charge in [0, 0.05) is 32.7 Å². The van der Waals surface area contributed by atoms with Crippen LogP contribution in [0.1, 0.15) is 0 Å². The molecule has 1 unspecified atom stereocenters. The predicted octanol–water partition coefficient (Wildman–Crippen LogP) is 0.633. The van der Waals surface area contributed by atoms with Crippen LogP contribution in [0.15, 0.2) is 30.6 Å². The summed E-state index contributed by atoms with van der Waals surface area (Å²) in [7, 11) is 0. The van der Waals surface area contributed by atoms with Crippen molar-refractivity contribution in [3.63, 3.8) is 0 Å². The lowest BCUT2D eigenvalue weighted by Crippen LogP contribution is -2.46. The van der Waals surface area contributed by atoms with Gasteiger partial charge in [0.2, 0.25) is 17.8 Å². The van der Waals surface area contributed by atoms with Crippen LogP contribution in [0.3, 0.4) is 0 Å². The van der Waals surface area contributed by atoms with Crippen LogP contribution in [-0.4, -0.2) is 83.2 Å². The Bertz CT molecular complexity index is 994. The highest BCUT2D eigenvalue weighted by molar-refractivity contribution is 5.85. The van der Waals surface area contributed by atoms with E-state index in [0.717, 1.165) is 24.1 Å². The molecular formula is C19H25ClN8O2. The highest BCUT2D eigenvalue weighted by atomic mass is 35.5. The minimum absolute atomic E-state index is 0. The average molecular weight is 433 g/mol. The number of anilines is 2. The average Bonchev–Trinajstić information content (AvgIpc) is 3.24. The summed E-state index contributed by atoms with van der Waals surface area (Å²) in [6.45, 7) is 5.28. The standard InChI is InChI=1S/C19H24N8O2.ClH/c20-11-14-12-26(7-10-29-14)18-22-17(25-5-8-28-9-6-25)23-19(24-18)27-13-21-15-3-1-2-4-16(15)27;/h1-4,13-14H,5-12,20H2;1H. The number of rotatable bonds is 4. The van der Waals surface area contributed by atoms with Gasteiger partial charge in [-0.25, -0.2) is 4.98 Å². The number of para-hydroxylation sites is 2. The van der Waals surface area contributed by atoms with E-state index in [2.05, 4.69) is 14.8 Å². The van der Waals surface area contributed by atoms with E-state index in [1.54, 1.807) is 6.33 Å². The molecule has 0 saturated carbocycles. The highest BCUT2D eigenvalue weighted by Gasteiger charge is 2.25. The van der Waals surface area contributed by atoms with Crippen molar-refractivity contribution < 1.29 is 9.47 Å². The molecule has 1 atom stereocenters. The summed E-state index contributed by atoms with van der Waals surface area (Å²) in [6.07, 6.45) is 1.74. The molecule has 0 radical (unpaired) electrons. The van der Waals surface area contributed by atoms with Crippen molar-refractivity contribution in [3.8, 4) is 5.95 Å². The molecule has 2 aliphatic rings. The normalized spacial score (nSPS) is 19.7. The molecule has 10 nitrogen and oxygen atoms in total. The topological polar surface area (TPSA) is 107 Å². The summed E-state index contributed by atoms with van der Waals surface area (Å²) >= 11 is 0. The fourth-order valence-electron chi connectivity index (χ4n) is 3.66. The Hall–Kier alpha value is -2.53. The van der Waals surface area contributed by atoms with Crippen LogP contribution in [0.2, 0.25) is 0 Å². The monoisotopic (exact) mass is 432 g/mol. The smallest absolute Gasteiger partial charge is 0.242 e. The molecule has 2 fully saturated rings. The van der Waals surface area contributed by atoms with Crippen LogP contribution in [0.4, 0.5) is 11.9 Å². The number of imidazole rings is 1. The van der Waals surface area contributed by atoms with Crippen molar-refractivity contribution in [1.29, 1.82) is 0 Å². The van der Waals surface area contributed by atoms with E-state index >= 15 is 0 Å². The molecule has 2 aromatic heterocycles. The van der Waals surface area contributed by atoms with E-state index in [9.17, 15) is 0 Å². The maximum atomic E-state index is 5.82. The zero-order valence-electron chi connectivity index (χ0n) is 16.6. The van der Waals surface area contributed by atoms with Gasteiger partial charge in [0.05, 0.1) is 37.0 Å². The van der Waals surface area contributed by atoms with Crippen LogP contribution in [0.25, 0.3) is 17.0 Å². The number of halogens is 1. The number of ether oxygens (including phenoxy) is 2. The summed E-state index contributed by atoms with van der Waals surface area (Å²) in [4.78, 5) is 23.1. The molecule has 160 valence electrons. The van der Waals surface area contributed by atoms with Crippen molar-refractivity contribution in [1.82, 2.24) is 24.5 Å². The SMILES string of the molecule is Cl.NCC1CN(c2nc(N3CCOCC3)nc(-n3cnc4ccccc43)n2)CCO1. The van der Waals surface area contributed by atoms with Crippen molar-refractivity contribution in [2.45, 2.75) is 6.10 Å². The summed E-state index contributed by atoms with van der Waals surface area (Å²) in [5.74, 6) is 1.85. The quantitative estimate of drug-likeness (QED) is 0.635. The van der Waals surface area contributed by atoms with Gasteiger partial charge in [0.25, 0.3) is 0 Å². The minimum atomic E-state index is -0.0233. The van der Waals surface area contributed by atoms with Gasteiger partial charge in [-0.15, -0.1) is 12.4 Å². The largest absolute Gasteiger partial charge is 0.378 e.